The Bertz CT molecular complexity index is 1740. The van der Waals surface area contributed by atoms with Crippen LogP contribution in [0.25, 0.3) is 11.1 Å². The molecule has 7 nitrogen and oxygen atoms in total. The van der Waals surface area contributed by atoms with Crippen LogP contribution in [0.1, 0.15) is 54.1 Å². The van der Waals surface area contributed by atoms with E-state index in [1.807, 2.05) is 68.4 Å². The second-order valence-corrected chi connectivity index (χ2v) is 12.9. The van der Waals surface area contributed by atoms with Gasteiger partial charge in [0.1, 0.15) is 12.7 Å². The number of carbonyl (C=O) groups is 2. The third-order valence-corrected chi connectivity index (χ3v) is 9.09. The molecule has 2 atom stereocenters. The minimum atomic E-state index is -4.44. The van der Waals surface area contributed by atoms with Gasteiger partial charge in [-0.1, -0.05) is 60.7 Å². The van der Waals surface area contributed by atoms with Crippen molar-refractivity contribution in [2.45, 2.75) is 50.7 Å². The highest BCUT2D eigenvalue weighted by atomic mass is 19.4. The first-order chi connectivity index (χ1) is 23.5. The summed E-state index contributed by atoms with van der Waals surface area (Å²) in [6.45, 7) is 5.71. The highest BCUT2D eigenvalue weighted by Crippen LogP contribution is 2.36. The zero-order valence-electron chi connectivity index (χ0n) is 27.4. The van der Waals surface area contributed by atoms with Gasteiger partial charge in [0, 0.05) is 30.0 Å². The number of amides is 1. The van der Waals surface area contributed by atoms with Crippen LogP contribution in [-0.4, -0.2) is 50.1 Å². The van der Waals surface area contributed by atoms with Gasteiger partial charge in [0.25, 0.3) is 5.91 Å². The SMILES string of the molecule is CC1(C)OCC(COC(=O)C(c2ccccc2)C2CCN(c3ccc(NC(=O)c4ccccc4-c4ccc(C(F)(F)F)cc4)cc3)CC2)O1. The van der Waals surface area contributed by atoms with Crippen molar-refractivity contribution in [3.63, 3.8) is 0 Å². The Kier molecular flexibility index (Phi) is 10.1. The molecule has 0 spiro atoms. The zero-order valence-corrected chi connectivity index (χ0v) is 27.4. The highest BCUT2D eigenvalue weighted by molar-refractivity contribution is 6.08. The number of hydrogen-bond acceptors (Lipinski definition) is 6. The maximum absolute atomic E-state index is 13.5. The smallest absolute Gasteiger partial charge is 0.416 e. The number of alkyl halides is 3. The van der Waals surface area contributed by atoms with Crippen molar-refractivity contribution in [3.8, 4) is 11.1 Å². The summed E-state index contributed by atoms with van der Waals surface area (Å²) in [5, 5.41) is 2.92. The van der Waals surface area contributed by atoms with E-state index in [0.29, 0.717) is 29.0 Å². The van der Waals surface area contributed by atoms with E-state index in [2.05, 4.69) is 10.2 Å². The molecule has 2 unspecified atom stereocenters. The van der Waals surface area contributed by atoms with E-state index in [-0.39, 0.29) is 36.4 Å². The molecule has 49 heavy (non-hydrogen) atoms. The van der Waals surface area contributed by atoms with Gasteiger partial charge in [-0.15, -0.1) is 0 Å². The van der Waals surface area contributed by atoms with E-state index in [9.17, 15) is 22.8 Å². The molecule has 2 aliphatic rings. The van der Waals surface area contributed by atoms with Gasteiger partial charge < -0.3 is 24.4 Å². The molecule has 1 N–H and O–H groups in total. The molecular weight excluding hydrogens is 633 g/mol. The first-order valence-electron chi connectivity index (χ1n) is 16.4. The molecule has 0 saturated carbocycles. The topological polar surface area (TPSA) is 77.1 Å². The maximum atomic E-state index is 13.5. The summed E-state index contributed by atoms with van der Waals surface area (Å²) in [6, 6.07) is 28.9. The Morgan fingerprint density at radius 3 is 2.18 bits per heavy atom. The molecule has 0 aromatic heterocycles. The molecule has 0 radical (unpaired) electrons. The third kappa shape index (κ3) is 8.32. The summed E-state index contributed by atoms with van der Waals surface area (Å²) in [4.78, 5) is 29.0. The number of halogens is 3. The van der Waals surface area contributed by atoms with Crippen LogP contribution >= 0.6 is 0 Å². The molecular formula is C39H39F3N2O5. The fraction of sp³-hybridized carbons (Fsp3) is 0.333. The number of ether oxygens (including phenoxy) is 3. The molecule has 4 aromatic rings. The monoisotopic (exact) mass is 672 g/mol. The number of piperidine rings is 1. The Balaban J connectivity index is 1.07. The predicted molar refractivity (Wildman–Crippen MR) is 181 cm³/mol. The minimum Gasteiger partial charge on any atom is -0.462 e. The van der Waals surface area contributed by atoms with E-state index in [4.69, 9.17) is 14.2 Å². The van der Waals surface area contributed by atoms with E-state index in [1.165, 1.54) is 12.1 Å². The summed E-state index contributed by atoms with van der Waals surface area (Å²) in [5.74, 6) is -1.58. The molecule has 0 aliphatic carbocycles. The van der Waals surface area contributed by atoms with Crippen LogP contribution in [0.15, 0.2) is 103 Å². The molecule has 256 valence electrons. The lowest BCUT2D eigenvalue weighted by atomic mass is 9.80. The largest absolute Gasteiger partial charge is 0.462 e. The second-order valence-electron chi connectivity index (χ2n) is 12.9. The van der Waals surface area contributed by atoms with Gasteiger partial charge in [0.05, 0.1) is 18.1 Å². The number of anilines is 2. The van der Waals surface area contributed by atoms with Crippen LogP contribution in [-0.2, 0) is 25.2 Å². The number of hydrogen-bond donors (Lipinski definition) is 1. The van der Waals surface area contributed by atoms with Gasteiger partial charge in [0.15, 0.2) is 5.79 Å². The van der Waals surface area contributed by atoms with Crippen molar-refractivity contribution in [1.29, 1.82) is 0 Å². The van der Waals surface area contributed by atoms with Crippen molar-refractivity contribution < 1.29 is 37.0 Å². The van der Waals surface area contributed by atoms with Gasteiger partial charge in [-0.05, 0) is 91.8 Å². The molecule has 2 fully saturated rings. The molecule has 10 heteroatoms. The lowest BCUT2D eigenvalue weighted by molar-refractivity contribution is -0.160. The van der Waals surface area contributed by atoms with Gasteiger partial charge in [-0.2, -0.15) is 13.2 Å². The summed E-state index contributed by atoms with van der Waals surface area (Å²) in [6.07, 6.45) is -3.14. The summed E-state index contributed by atoms with van der Waals surface area (Å²) >= 11 is 0. The van der Waals surface area contributed by atoms with Crippen LogP contribution in [0.5, 0.6) is 0 Å². The normalized spacial score (nSPS) is 18.6. The van der Waals surface area contributed by atoms with Crippen LogP contribution in [0.3, 0.4) is 0 Å². The summed E-state index contributed by atoms with van der Waals surface area (Å²) in [5.41, 5.74) is 3.20. The number of rotatable bonds is 9. The van der Waals surface area contributed by atoms with Crippen molar-refractivity contribution in [1.82, 2.24) is 0 Å². The Hall–Kier alpha value is -4.67. The number of nitrogens with zero attached hydrogens (tertiary/aromatic N) is 1. The van der Waals surface area contributed by atoms with Crippen LogP contribution in [0.2, 0.25) is 0 Å². The van der Waals surface area contributed by atoms with Crippen LogP contribution < -0.4 is 10.2 Å². The molecule has 2 heterocycles. The molecule has 2 saturated heterocycles. The molecule has 1 amide bonds. The fourth-order valence-electron chi connectivity index (χ4n) is 6.59. The van der Waals surface area contributed by atoms with Crippen molar-refractivity contribution in [2.75, 3.05) is 36.5 Å². The van der Waals surface area contributed by atoms with Gasteiger partial charge in [0.2, 0.25) is 0 Å². The number of benzene rings is 4. The molecule has 6 rings (SSSR count). The fourth-order valence-corrected chi connectivity index (χ4v) is 6.59. The average molecular weight is 673 g/mol. The van der Waals surface area contributed by atoms with Gasteiger partial charge >= 0.3 is 12.1 Å². The summed E-state index contributed by atoms with van der Waals surface area (Å²) < 4.78 is 56.4. The lowest BCUT2D eigenvalue weighted by Gasteiger charge is -2.36. The third-order valence-electron chi connectivity index (χ3n) is 9.09. The van der Waals surface area contributed by atoms with Crippen molar-refractivity contribution in [3.05, 3.63) is 120 Å². The van der Waals surface area contributed by atoms with Crippen LogP contribution in [0, 0.1) is 5.92 Å². The average Bonchev–Trinajstić information content (AvgIpc) is 3.46. The summed E-state index contributed by atoms with van der Waals surface area (Å²) in [7, 11) is 0. The van der Waals surface area contributed by atoms with E-state index < -0.39 is 17.5 Å². The zero-order chi connectivity index (χ0) is 34.6. The number of esters is 1. The lowest BCUT2D eigenvalue weighted by Crippen LogP contribution is -2.38. The Morgan fingerprint density at radius 1 is 0.898 bits per heavy atom. The van der Waals surface area contributed by atoms with Crippen molar-refractivity contribution in [2.24, 2.45) is 5.92 Å². The minimum absolute atomic E-state index is 0.103. The van der Waals surface area contributed by atoms with Crippen molar-refractivity contribution >= 4 is 23.3 Å². The quantitative estimate of drug-likeness (QED) is 0.180. The highest BCUT2D eigenvalue weighted by Gasteiger charge is 2.37. The van der Waals surface area contributed by atoms with E-state index in [0.717, 1.165) is 49.3 Å². The van der Waals surface area contributed by atoms with Gasteiger partial charge in [-0.25, -0.2) is 0 Å². The van der Waals surface area contributed by atoms with E-state index >= 15 is 0 Å². The predicted octanol–water partition coefficient (Wildman–Crippen LogP) is 8.32. The van der Waals surface area contributed by atoms with E-state index in [1.54, 1.807) is 24.3 Å². The number of carbonyl (C=O) groups excluding carboxylic acids is 2. The van der Waals surface area contributed by atoms with Crippen LogP contribution in [0.4, 0.5) is 24.5 Å². The number of nitrogens with one attached hydrogen (secondary N) is 1. The molecule has 2 aliphatic heterocycles. The Labute approximate surface area is 284 Å². The Morgan fingerprint density at radius 2 is 1.55 bits per heavy atom. The first kappa shape index (κ1) is 34.2. The van der Waals surface area contributed by atoms with Gasteiger partial charge in [-0.3, -0.25) is 9.59 Å². The second kappa shape index (κ2) is 14.4. The molecule has 0 bridgehead atoms. The maximum Gasteiger partial charge on any atom is 0.416 e. The molecule has 4 aromatic carbocycles. The standard InChI is InChI=1S/C39H39F3N2O5/c1-38(2)48-25-32(49-38)24-47-37(46)35(27-8-4-3-5-9-27)28-20-22-44(23-21-28)31-18-16-30(17-19-31)43-36(45)34-11-7-6-10-33(34)26-12-14-29(15-13-26)39(40,41)42/h3-19,28,32,35H,20-25H2,1-2H3,(H,43,45). The first-order valence-corrected chi connectivity index (χ1v) is 16.4.